The number of anilines is 1. The van der Waals surface area contributed by atoms with Gasteiger partial charge in [-0.25, -0.2) is 0 Å². The van der Waals surface area contributed by atoms with Gasteiger partial charge in [-0.05, 0) is 31.9 Å². The van der Waals surface area contributed by atoms with E-state index in [1.54, 1.807) is 6.07 Å². The molecule has 2 N–H and O–H groups in total. The summed E-state index contributed by atoms with van der Waals surface area (Å²) in [7, 11) is 0. The van der Waals surface area contributed by atoms with Gasteiger partial charge in [0.25, 0.3) is 5.91 Å². The Balaban J connectivity index is 1.55. The maximum atomic E-state index is 12.6. The van der Waals surface area contributed by atoms with Crippen LogP contribution in [0.1, 0.15) is 60.3 Å². The second kappa shape index (κ2) is 10.6. The first-order chi connectivity index (χ1) is 13.6. The largest absolute Gasteiger partial charge is 0.353 e. The van der Waals surface area contributed by atoms with Gasteiger partial charge in [-0.15, -0.1) is 22.0 Å². The minimum Gasteiger partial charge on any atom is -0.353 e. The Morgan fingerprint density at radius 3 is 2.54 bits per heavy atom. The minimum atomic E-state index is -0.236. The molecule has 1 aromatic heterocycles. The molecule has 2 amide bonds. The number of amides is 2. The summed E-state index contributed by atoms with van der Waals surface area (Å²) in [5.41, 5.74) is 0.541. The van der Waals surface area contributed by atoms with Crippen molar-refractivity contribution in [2.45, 2.75) is 62.8 Å². The van der Waals surface area contributed by atoms with Gasteiger partial charge >= 0.3 is 0 Å². The topological polar surface area (TPSA) is 84.0 Å². The van der Waals surface area contributed by atoms with E-state index in [-0.39, 0.29) is 17.9 Å². The fourth-order valence-electron chi connectivity index (χ4n) is 3.30. The molecule has 1 saturated carbocycles. The molecule has 1 heterocycles. The molecule has 0 radical (unpaired) electrons. The number of carbonyl (C=O) groups excluding carboxylic acids is 2. The zero-order chi connectivity index (χ0) is 19.8. The highest BCUT2D eigenvalue weighted by molar-refractivity contribution is 8.00. The standard InChI is InChI=1S/C20H26N4O2S2/c1-14-23-24-20(28-14)22-19(26)16-11-7-8-12-17(16)27-13-18(25)21-15-9-5-3-2-4-6-10-15/h7-8,11-12,15H,2-6,9-10,13H2,1H3,(H,21,25)(H,22,24,26). The van der Waals surface area contributed by atoms with Crippen molar-refractivity contribution in [3.8, 4) is 0 Å². The van der Waals surface area contributed by atoms with Crippen molar-refractivity contribution in [1.29, 1.82) is 0 Å². The number of aryl methyl sites for hydroxylation is 1. The number of benzene rings is 1. The number of hydrogen-bond donors (Lipinski definition) is 2. The smallest absolute Gasteiger partial charge is 0.258 e. The summed E-state index contributed by atoms with van der Waals surface area (Å²) < 4.78 is 0. The number of carbonyl (C=O) groups is 2. The Bertz CT molecular complexity index is 801. The third-order valence-electron chi connectivity index (χ3n) is 4.71. The maximum absolute atomic E-state index is 12.6. The van der Waals surface area contributed by atoms with Crippen molar-refractivity contribution >= 4 is 40.0 Å². The number of rotatable bonds is 6. The quantitative estimate of drug-likeness (QED) is 0.679. The summed E-state index contributed by atoms with van der Waals surface area (Å²) >= 11 is 2.72. The Morgan fingerprint density at radius 2 is 1.82 bits per heavy atom. The van der Waals surface area contributed by atoms with Crippen LogP contribution in [0, 0.1) is 6.92 Å². The van der Waals surface area contributed by atoms with Gasteiger partial charge < -0.3 is 5.32 Å². The molecule has 3 rings (SSSR count). The lowest BCUT2D eigenvalue weighted by Gasteiger charge is -2.21. The van der Waals surface area contributed by atoms with Gasteiger partial charge in [0.05, 0.1) is 11.3 Å². The normalized spacial score (nSPS) is 15.5. The average Bonchev–Trinajstić information content (AvgIpc) is 3.07. The summed E-state index contributed by atoms with van der Waals surface area (Å²) in [6.45, 7) is 1.84. The van der Waals surface area contributed by atoms with E-state index in [4.69, 9.17) is 0 Å². The highest BCUT2D eigenvalue weighted by Gasteiger charge is 2.17. The molecule has 0 unspecified atom stereocenters. The highest BCUT2D eigenvalue weighted by atomic mass is 32.2. The monoisotopic (exact) mass is 418 g/mol. The van der Waals surface area contributed by atoms with Crippen molar-refractivity contribution < 1.29 is 9.59 Å². The van der Waals surface area contributed by atoms with Crippen LogP contribution in [0.2, 0.25) is 0 Å². The number of thioether (sulfide) groups is 1. The van der Waals surface area contributed by atoms with Crippen LogP contribution in [0.25, 0.3) is 0 Å². The first-order valence-electron chi connectivity index (χ1n) is 9.74. The molecule has 1 fully saturated rings. The molecule has 0 bridgehead atoms. The van der Waals surface area contributed by atoms with E-state index in [0.29, 0.717) is 16.4 Å². The highest BCUT2D eigenvalue weighted by Crippen LogP contribution is 2.24. The van der Waals surface area contributed by atoms with E-state index in [2.05, 4.69) is 20.8 Å². The van der Waals surface area contributed by atoms with Gasteiger partial charge in [0.2, 0.25) is 11.0 Å². The molecule has 0 spiro atoms. The van der Waals surface area contributed by atoms with Crippen molar-refractivity contribution in [3.63, 3.8) is 0 Å². The van der Waals surface area contributed by atoms with Gasteiger partial charge in [-0.2, -0.15) is 0 Å². The van der Waals surface area contributed by atoms with Crippen LogP contribution in [0.3, 0.4) is 0 Å². The summed E-state index contributed by atoms with van der Waals surface area (Å²) in [6.07, 6.45) is 8.34. The van der Waals surface area contributed by atoms with E-state index in [9.17, 15) is 9.59 Å². The molecular weight excluding hydrogens is 392 g/mol. The van der Waals surface area contributed by atoms with Crippen molar-refractivity contribution in [3.05, 3.63) is 34.8 Å². The summed E-state index contributed by atoms with van der Waals surface area (Å²) in [5.74, 6) is 0.101. The third-order valence-corrected chi connectivity index (χ3v) is 6.53. The summed E-state index contributed by atoms with van der Waals surface area (Å²) in [6, 6.07) is 7.61. The lowest BCUT2D eigenvalue weighted by atomic mass is 9.97. The molecule has 6 nitrogen and oxygen atoms in total. The first kappa shape index (κ1) is 20.8. The number of aromatic nitrogens is 2. The number of nitrogens with zero attached hydrogens (tertiary/aromatic N) is 2. The molecule has 8 heteroatoms. The van der Waals surface area contributed by atoms with Crippen molar-refractivity contribution in [1.82, 2.24) is 15.5 Å². The predicted octanol–water partition coefficient (Wildman–Crippen LogP) is 4.42. The molecule has 0 saturated heterocycles. The summed E-state index contributed by atoms with van der Waals surface area (Å²) in [5, 5.41) is 15.1. The van der Waals surface area contributed by atoms with Gasteiger partial charge in [0.1, 0.15) is 5.01 Å². The van der Waals surface area contributed by atoms with Crippen LogP contribution >= 0.6 is 23.1 Å². The second-order valence-electron chi connectivity index (χ2n) is 6.97. The minimum absolute atomic E-state index is 0.0329. The second-order valence-corrected chi connectivity index (χ2v) is 9.17. The molecule has 28 heavy (non-hydrogen) atoms. The Kier molecular flexibility index (Phi) is 7.85. The Morgan fingerprint density at radius 1 is 1.11 bits per heavy atom. The van der Waals surface area contributed by atoms with Gasteiger partial charge in [-0.1, -0.05) is 55.6 Å². The molecule has 1 aromatic carbocycles. The van der Waals surface area contributed by atoms with Crippen molar-refractivity contribution in [2.75, 3.05) is 11.1 Å². The van der Waals surface area contributed by atoms with E-state index in [1.165, 1.54) is 55.2 Å². The fourth-order valence-corrected chi connectivity index (χ4v) is 4.75. The maximum Gasteiger partial charge on any atom is 0.258 e. The van der Waals surface area contributed by atoms with Crippen molar-refractivity contribution in [2.24, 2.45) is 0 Å². The van der Waals surface area contributed by atoms with E-state index >= 15 is 0 Å². The van der Waals surface area contributed by atoms with Crippen LogP contribution in [-0.2, 0) is 4.79 Å². The molecule has 1 aliphatic carbocycles. The molecule has 0 aliphatic heterocycles. The zero-order valence-electron chi connectivity index (χ0n) is 16.1. The molecule has 1 aliphatic rings. The molecule has 0 atom stereocenters. The Hall–Kier alpha value is -1.93. The lowest BCUT2D eigenvalue weighted by Crippen LogP contribution is -2.36. The molecule has 150 valence electrons. The first-order valence-corrected chi connectivity index (χ1v) is 11.5. The van der Waals surface area contributed by atoms with E-state index in [1.807, 2.05) is 25.1 Å². The number of hydrogen-bond acceptors (Lipinski definition) is 6. The lowest BCUT2D eigenvalue weighted by molar-refractivity contribution is -0.119. The van der Waals surface area contributed by atoms with Gasteiger partial charge in [0.15, 0.2) is 0 Å². The van der Waals surface area contributed by atoms with E-state index < -0.39 is 0 Å². The van der Waals surface area contributed by atoms with Crippen LogP contribution in [0.4, 0.5) is 5.13 Å². The van der Waals surface area contributed by atoms with Gasteiger partial charge in [-0.3, -0.25) is 14.9 Å². The van der Waals surface area contributed by atoms with E-state index in [0.717, 1.165) is 22.7 Å². The molecule has 2 aromatic rings. The molecular formula is C20H26N4O2S2. The Labute approximate surface area is 173 Å². The third kappa shape index (κ3) is 6.31. The van der Waals surface area contributed by atoms with Gasteiger partial charge in [0, 0.05) is 10.9 Å². The van der Waals surface area contributed by atoms with Crippen LogP contribution in [-0.4, -0.2) is 33.8 Å². The van der Waals surface area contributed by atoms with Crippen LogP contribution in [0.15, 0.2) is 29.2 Å². The summed E-state index contributed by atoms with van der Waals surface area (Å²) in [4.78, 5) is 25.8. The predicted molar refractivity (Wildman–Crippen MR) is 114 cm³/mol. The average molecular weight is 419 g/mol. The van der Waals surface area contributed by atoms with Crippen LogP contribution in [0.5, 0.6) is 0 Å². The number of nitrogens with one attached hydrogen (secondary N) is 2. The zero-order valence-corrected chi connectivity index (χ0v) is 17.7. The SMILES string of the molecule is Cc1nnc(NC(=O)c2ccccc2SCC(=O)NC2CCCCCCC2)s1. The van der Waals surface area contributed by atoms with Crippen LogP contribution < -0.4 is 10.6 Å². The fraction of sp³-hybridized carbons (Fsp3) is 0.500.